The van der Waals surface area contributed by atoms with Crippen molar-refractivity contribution in [3.05, 3.63) is 52.6 Å². The number of carbonyl (C=O) groups is 2. The van der Waals surface area contributed by atoms with Crippen molar-refractivity contribution in [1.82, 2.24) is 14.9 Å². The monoisotopic (exact) mass is 336 g/mol. The first-order chi connectivity index (χ1) is 12.0. The molecule has 0 fully saturated rings. The summed E-state index contributed by atoms with van der Waals surface area (Å²) in [6.07, 6.45) is 2.78. The highest BCUT2D eigenvalue weighted by Crippen LogP contribution is 2.36. The van der Waals surface area contributed by atoms with Gasteiger partial charge in [0.2, 0.25) is 11.8 Å². The highest BCUT2D eigenvalue weighted by atomic mass is 16.2. The Kier molecular flexibility index (Phi) is 3.75. The van der Waals surface area contributed by atoms with Crippen LogP contribution in [-0.4, -0.2) is 26.7 Å². The predicted octanol–water partition coefficient (Wildman–Crippen LogP) is 2.32. The summed E-state index contributed by atoms with van der Waals surface area (Å²) in [7, 11) is 0. The molecule has 128 valence electrons. The Morgan fingerprint density at radius 3 is 3.00 bits per heavy atom. The topological polar surface area (TPSA) is 75.2 Å². The molecule has 0 spiro atoms. The van der Waals surface area contributed by atoms with E-state index in [0.717, 1.165) is 40.3 Å². The van der Waals surface area contributed by atoms with E-state index in [2.05, 4.69) is 15.3 Å². The molecule has 1 atom stereocenters. The second-order valence-corrected chi connectivity index (χ2v) is 6.70. The molecule has 0 radical (unpaired) electrons. The number of aryl methyl sites for hydroxylation is 2. The SMILES string of the molecule is CCc1ncc2c(n1)CN(C(=O)CC1C(=O)Nc3ccc(C)cc31)C2. The number of aromatic nitrogens is 2. The quantitative estimate of drug-likeness (QED) is 0.933. The number of hydrogen-bond acceptors (Lipinski definition) is 4. The Morgan fingerprint density at radius 2 is 2.20 bits per heavy atom. The molecule has 0 aliphatic carbocycles. The fourth-order valence-corrected chi connectivity index (χ4v) is 3.49. The van der Waals surface area contributed by atoms with Crippen molar-refractivity contribution in [2.24, 2.45) is 0 Å². The lowest BCUT2D eigenvalue weighted by Gasteiger charge is -2.17. The number of nitrogens with one attached hydrogen (secondary N) is 1. The van der Waals surface area contributed by atoms with Crippen LogP contribution in [0.4, 0.5) is 5.69 Å². The fourth-order valence-electron chi connectivity index (χ4n) is 3.49. The number of hydrogen-bond donors (Lipinski definition) is 1. The fraction of sp³-hybridized carbons (Fsp3) is 0.368. The van der Waals surface area contributed by atoms with Crippen LogP contribution >= 0.6 is 0 Å². The smallest absolute Gasteiger partial charge is 0.232 e. The van der Waals surface area contributed by atoms with Gasteiger partial charge in [-0.05, 0) is 18.6 Å². The Hall–Kier alpha value is -2.76. The van der Waals surface area contributed by atoms with Crippen molar-refractivity contribution in [3.8, 4) is 0 Å². The molecular weight excluding hydrogens is 316 g/mol. The van der Waals surface area contributed by atoms with E-state index >= 15 is 0 Å². The van der Waals surface area contributed by atoms with Gasteiger partial charge in [-0.25, -0.2) is 9.97 Å². The molecule has 25 heavy (non-hydrogen) atoms. The average molecular weight is 336 g/mol. The first kappa shape index (κ1) is 15.7. The predicted molar refractivity (Wildman–Crippen MR) is 92.8 cm³/mol. The molecule has 1 aromatic carbocycles. The number of benzene rings is 1. The molecule has 2 aromatic rings. The zero-order valence-corrected chi connectivity index (χ0v) is 14.4. The molecule has 4 rings (SSSR count). The van der Waals surface area contributed by atoms with E-state index in [0.29, 0.717) is 13.1 Å². The van der Waals surface area contributed by atoms with Crippen LogP contribution in [0.2, 0.25) is 0 Å². The molecular formula is C19H20N4O2. The maximum atomic E-state index is 12.8. The minimum atomic E-state index is -0.414. The lowest BCUT2D eigenvalue weighted by atomic mass is 9.95. The summed E-state index contributed by atoms with van der Waals surface area (Å²) >= 11 is 0. The third kappa shape index (κ3) is 2.77. The molecule has 1 aromatic heterocycles. The number of amides is 2. The third-order valence-corrected chi connectivity index (χ3v) is 4.91. The molecule has 2 aliphatic rings. The van der Waals surface area contributed by atoms with Crippen LogP contribution in [0.15, 0.2) is 24.4 Å². The average Bonchev–Trinajstić information content (AvgIpc) is 3.16. The van der Waals surface area contributed by atoms with E-state index in [1.54, 1.807) is 4.90 Å². The van der Waals surface area contributed by atoms with Crippen LogP contribution in [0.25, 0.3) is 0 Å². The summed E-state index contributed by atoms with van der Waals surface area (Å²) in [5.74, 6) is 0.264. The lowest BCUT2D eigenvalue weighted by molar-refractivity contribution is -0.134. The summed E-state index contributed by atoms with van der Waals surface area (Å²) in [6.45, 7) is 5.02. The van der Waals surface area contributed by atoms with Crippen molar-refractivity contribution in [2.45, 2.75) is 45.7 Å². The normalized spacial score (nSPS) is 18.1. The van der Waals surface area contributed by atoms with E-state index in [1.807, 2.05) is 38.2 Å². The molecule has 0 saturated carbocycles. The van der Waals surface area contributed by atoms with E-state index in [4.69, 9.17) is 0 Å². The molecule has 1 N–H and O–H groups in total. The molecule has 2 aliphatic heterocycles. The van der Waals surface area contributed by atoms with E-state index < -0.39 is 5.92 Å². The van der Waals surface area contributed by atoms with Gasteiger partial charge >= 0.3 is 0 Å². The molecule has 0 saturated heterocycles. The zero-order valence-electron chi connectivity index (χ0n) is 14.4. The van der Waals surface area contributed by atoms with Gasteiger partial charge in [-0.3, -0.25) is 9.59 Å². The molecule has 2 amide bonds. The second-order valence-electron chi connectivity index (χ2n) is 6.70. The van der Waals surface area contributed by atoms with E-state index in [1.165, 1.54) is 0 Å². The van der Waals surface area contributed by atoms with Gasteiger partial charge in [0.15, 0.2) is 0 Å². The molecule has 6 heteroatoms. The standard InChI is InChI=1S/C19H20N4O2/c1-3-17-20-8-12-9-23(10-16(12)21-17)18(24)7-14-13-6-11(2)4-5-15(13)22-19(14)25/h4-6,8,14H,3,7,9-10H2,1-2H3,(H,22,25). The van der Waals surface area contributed by atoms with Crippen molar-refractivity contribution in [1.29, 1.82) is 0 Å². The van der Waals surface area contributed by atoms with Gasteiger partial charge in [-0.15, -0.1) is 0 Å². The van der Waals surface area contributed by atoms with Crippen molar-refractivity contribution >= 4 is 17.5 Å². The van der Waals surface area contributed by atoms with Gasteiger partial charge < -0.3 is 10.2 Å². The van der Waals surface area contributed by atoms with E-state index in [9.17, 15) is 9.59 Å². The second kappa shape index (κ2) is 5.95. The maximum Gasteiger partial charge on any atom is 0.232 e. The summed E-state index contributed by atoms with van der Waals surface area (Å²) in [5.41, 5.74) is 4.74. The highest BCUT2D eigenvalue weighted by Gasteiger charge is 2.35. The van der Waals surface area contributed by atoms with Crippen LogP contribution in [-0.2, 0) is 29.1 Å². The van der Waals surface area contributed by atoms with Crippen LogP contribution in [0.5, 0.6) is 0 Å². The maximum absolute atomic E-state index is 12.8. The van der Waals surface area contributed by atoms with Crippen LogP contribution < -0.4 is 5.32 Å². The van der Waals surface area contributed by atoms with Gasteiger partial charge in [-0.2, -0.15) is 0 Å². The number of carbonyl (C=O) groups excluding carboxylic acids is 2. The first-order valence-corrected chi connectivity index (χ1v) is 8.58. The number of fused-ring (bicyclic) bond motifs is 2. The molecule has 1 unspecified atom stereocenters. The summed E-state index contributed by atoms with van der Waals surface area (Å²) in [5, 5.41) is 2.87. The van der Waals surface area contributed by atoms with Gasteiger partial charge in [-0.1, -0.05) is 24.6 Å². The lowest BCUT2D eigenvalue weighted by Crippen LogP contribution is -2.28. The van der Waals surface area contributed by atoms with Crippen LogP contribution in [0.1, 0.15) is 47.5 Å². The van der Waals surface area contributed by atoms with Gasteiger partial charge in [0, 0.05) is 36.8 Å². The van der Waals surface area contributed by atoms with Gasteiger partial charge in [0.05, 0.1) is 18.2 Å². The van der Waals surface area contributed by atoms with Gasteiger partial charge in [0.25, 0.3) is 0 Å². The Labute approximate surface area is 146 Å². The van der Waals surface area contributed by atoms with Crippen molar-refractivity contribution < 1.29 is 9.59 Å². The summed E-state index contributed by atoms with van der Waals surface area (Å²) in [6, 6.07) is 5.86. The number of rotatable bonds is 3. The van der Waals surface area contributed by atoms with E-state index in [-0.39, 0.29) is 18.2 Å². The number of anilines is 1. The van der Waals surface area contributed by atoms with Crippen molar-refractivity contribution in [3.63, 3.8) is 0 Å². The van der Waals surface area contributed by atoms with Crippen molar-refractivity contribution in [2.75, 3.05) is 5.32 Å². The Morgan fingerprint density at radius 1 is 1.36 bits per heavy atom. The highest BCUT2D eigenvalue weighted by molar-refractivity contribution is 6.05. The van der Waals surface area contributed by atoms with Crippen LogP contribution in [0, 0.1) is 6.92 Å². The van der Waals surface area contributed by atoms with Gasteiger partial charge in [0.1, 0.15) is 5.82 Å². The minimum absolute atomic E-state index is 0.0226. The molecule has 0 bridgehead atoms. The number of nitrogens with zero attached hydrogens (tertiary/aromatic N) is 3. The molecule has 6 nitrogen and oxygen atoms in total. The first-order valence-electron chi connectivity index (χ1n) is 8.58. The molecule has 3 heterocycles. The largest absolute Gasteiger partial charge is 0.332 e. The zero-order chi connectivity index (χ0) is 17.6. The minimum Gasteiger partial charge on any atom is -0.332 e. The third-order valence-electron chi connectivity index (χ3n) is 4.91. The summed E-state index contributed by atoms with van der Waals surface area (Å²) < 4.78 is 0. The Bertz CT molecular complexity index is 878. The van der Waals surface area contributed by atoms with Crippen LogP contribution in [0.3, 0.4) is 0 Å². The Balaban J connectivity index is 1.50. The summed E-state index contributed by atoms with van der Waals surface area (Å²) in [4.78, 5) is 35.6.